The maximum atomic E-state index is 15.6. The summed E-state index contributed by atoms with van der Waals surface area (Å²) in [7, 11) is -9.38. The first-order valence-electron chi connectivity index (χ1n) is 29.3. The molecule has 3 fully saturated rings. The van der Waals surface area contributed by atoms with Gasteiger partial charge in [0.2, 0.25) is 34.8 Å². The van der Waals surface area contributed by atoms with Crippen LogP contribution in [0.2, 0.25) is 0 Å². The van der Waals surface area contributed by atoms with Gasteiger partial charge in [0.15, 0.2) is 23.8 Å². The van der Waals surface area contributed by atoms with Gasteiger partial charge in [0.1, 0.15) is 48.0 Å². The monoisotopic (exact) mass is 1430 g/mol. The van der Waals surface area contributed by atoms with Crippen LogP contribution in [-0.4, -0.2) is 156 Å². The van der Waals surface area contributed by atoms with Crippen molar-refractivity contribution in [1.82, 2.24) is 29.3 Å². The summed E-state index contributed by atoms with van der Waals surface area (Å²) >= 11 is 0. The van der Waals surface area contributed by atoms with Crippen LogP contribution in [0.3, 0.4) is 0 Å². The van der Waals surface area contributed by atoms with Crippen LogP contribution in [0.15, 0.2) is 104 Å². The third kappa shape index (κ3) is 24.8. The maximum Gasteiger partial charge on any atom is 2.00 e. The largest absolute Gasteiger partial charge is 2.00 e. The van der Waals surface area contributed by atoms with E-state index in [2.05, 4.69) is 35.5 Å². The average molecular weight is 1430 g/mol. The topological polar surface area (TPSA) is 346 Å². The minimum atomic E-state index is -4.91. The Kier molecular flexibility index (Phi) is 32.8. The fourth-order valence-corrected chi connectivity index (χ4v) is 10.7. The van der Waals surface area contributed by atoms with Crippen LogP contribution >= 0.6 is 15.5 Å². The molecular weight excluding hydrogens is 1360 g/mol. The van der Waals surface area contributed by atoms with E-state index in [1.807, 2.05) is 9.97 Å². The number of para-hydroxylation sites is 2. The average Bonchev–Trinajstić information content (AvgIpc) is 1.60. The molecule has 26 nitrogen and oxygen atoms in total. The number of hydrogen-bond acceptors (Lipinski definition) is 20. The summed E-state index contributed by atoms with van der Waals surface area (Å²) in [4.78, 5) is 74.2. The van der Waals surface area contributed by atoms with E-state index < -0.39 is 170 Å². The van der Waals surface area contributed by atoms with Crippen LogP contribution < -0.4 is 58.7 Å². The molecule has 37 heteroatoms. The Bertz CT molecular complexity index is 3680. The summed E-state index contributed by atoms with van der Waals surface area (Å²) in [5.74, 6) is -13.9. The number of benzene rings is 3. The Morgan fingerprint density at radius 1 is 0.653 bits per heavy atom. The number of ether oxygens (including phenoxy) is 5. The first kappa shape index (κ1) is 81.5. The predicted molar refractivity (Wildman–Crippen MR) is 324 cm³/mol. The molecule has 0 amide bonds. The van der Waals surface area contributed by atoms with Crippen molar-refractivity contribution in [2.75, 3.05) is 26.4 Å². The van der Waals surface area contributed by atoms with E-state index in [0.29, 0.717) is 4.57 Å². The molecule has 0 aliphatic carbocycles. The van der Waals surface area contributed by atoms with E-state index >= 15 is 4.39 Å². The smallest absolute Gasteiger partial charge is 1.00 e. The van der Waals surface area contributed by atoms with Crippen molar-refractivity contribution in [2.24, 2.45) is 0 Å². The number of nitrogens with one attached hydrogen (secondary N) is 4. The second-order valence-electron chi connectivity index (χ2n) is 21.7. The van der Waals surface area contributed by atoms with Crippen molar-refractivity contribution in [2.45, 2.75) is 161 Å². The Morgan fingerprint density at radius 3 is 1.36 bits per heavy atom. The van der Waals surface area contributed by atoms with Crippen LogP contribution in [0.4, 0.5) is 30.7 Å². The molecule has 3 saturated heterocycles. The standard InChI is InChI=1S/C22H29FN3O9P.C18H17F5NO5P.C10H13FN2O5.C4H8O.C4H9.ClH.Mg/c1-13(2)33-19(29)14(3)25-36(31,35-15-8-6-5-7-9-15)32-12-16-18(28)22(4,23)20(34-16)26-11-10-17(27)24-21(26)30;1-9(2)27-18(25)10(3)24-30(26,28-11-7-5-4-6-8-11)29-17-15(22)13(20)12(19)14(21)16(17)23;1-10(11)7(16)5(4-14)18-8(10)13-3-2-6(15)12-9(13)17;1-2-4-5-3-1;1-4(2)3;;/h5-11,13-14,16,18,20,28H,12H2,1-4H3,(H,25,31)(H,24,27,30);4-10H,1-3H3,(H,24,26);2-3,5,7-8,14,16H,4H2,1H3,(H,12,15,17);1-4H2;1-3H3;1H;/q;;;;-1;;+2/p-1/t14-,16+,18+,20+,22+,36-;10-,30-;5-,7-,8-,10-;;;;/m001..../s1/i16D;;5D;;;;. The second-order valence-corrected chi connectivity index (χ2v) is 25.0. The number of halogens is 8. The number of aliphatic hydroxyl groups excluding tert-OH is 3. The first-order chi connectivity index (χ1) is 44.1. The number of aromatic nitrogens is 4. The number of aromatic amines is 2. The minimum absolute atomic E-state index is 0. The van der Waals surface area contributed by atoms with E-state index in [1.165, 1.54) is 82.9 Å². The quantitative estimate of drug-likeness (QED) is 0.0110. The Labute approximate surface area is 566 Å². The van der Waals surface area contributed by atoms with Crippen LogP contribution in [0.5, 0.6) is 17.2 Å². The van der Waals surface area contributed by atoms with Crippen molar-refractivity contribution in [3.63, 3.8) is 0 Å². The molecule has 0 spiro atoms. The molecule has 0 saturated carbocycles. The molecule has 3 aliphatic rings. The van der Waals surface area contributed by atoms with Crippen molar-refractivity contribution >= 4 is 50.5 Å². The summed E-state index contributed by atoms with van der Waals surface area (Å²) in [6.07, 6.45) is -8.96. The molecule has 95 heavy (non-hydrogen) atoms. The van der Waals surface area contributed by atoms with Gasteiger partial charge in [-0.3, -0.25) is 42.8 Å². The number of rotatable bonds is 20. The molecule has 0 radical (unpaired) electrons. The van der Waals surface area contributed by atoms with Gasteiger partial charge in [0.05, 0.1) is 28.2 Å². The number of esters is 2. The number of carbonyl (C=O) groups excluding carboxylic acids is 2. The molecule has 526 valence electrons. The third-order valence-corrected chi connectivity index (χ3v) is 15.4. The molecular formula is C58H76ClF7MgN6O20P2. The van der Waals surface area contributed by atoms with Gasteiger partial charge in [-0.15, -0.1) is 0 Å². The fraction of sp³-hybridized carbons (Fsp3) is 0.500. The SMILES string of the molecule is C1CCOC1.CC(C)OC(=O)[C@H](C)N[P@](=O)(Oc1ccccc1)Oc1c(F)c(F)c(F)c(F)c1F.C[C-](C)C.[2H][C@]1(CO)O[C@@H](n2ccc(=O)[nH]c2=O)[C@](C)(F)[C@@H]1O.[2H][C@]1(CO[P@@](=O)(N[C@@H](C)C(=O)OC(C)C)Oc2ccccc2)O[C@@H](n2ccc(=O)[nH]c2=O)[C@](C)(F)[C@@H]1O.[Cl-].[Mg+2]. The zero-order valence-corrected chi connectivity index (χ0v) is 57.2. The molecule has 5 heterocycles. The number of H-pyrrole nitrogens is 2. The van der Waals surface area contributed by atoms with Crippen molar-refractivity contribution in [3.05, 3.63) is 162 Å². The number of aliphatic hydroxyl groups is 3. The molecule has 3 aromatic carbocycles. The number of carbonyl (C=O) groups is 2. The zero-order chi connectivity index (χ0) is 71.8. The van der Waals surface area contributed by atoms with Crippen LogP contribution in [-0.2, 0) is 46.9 Å². The zero-order valence-electron chi connectivity index (χ0n) is 55.2. The van der Waals surface area contributed by atoms with Gasteiger partial charge in [0, 0.05) is 37.7 Å². The van der Waals surface area contributed by atoms with E-state index in [-0.39, 0.29) is 47.0 Å². The van der Waals surface area contributed by atoms with E-state index in [4.69, 9.17) is 45.1 Å². The molecule has 0 unspecified atom stereocenters. The van der Waals surface area contributed by atoms with Gasteiger partial charge in [-0.2, -0.15) is 39.7 Å². The van der Waals surface area contributed by atoms with Gasteiger partial charge in [-0.25, -0.2) is 40.7 Å². The van der Waals surface area contributed by atoms with Crippen LogP contribution in [0.1, 0.15) is 104 Å². The Hall–Kier alpha value is -5.97. The summed E-state index contributed by atoms with van der Waals surface area (Å²) in [5.41, 5.74) is -8.56. The van der Waals surface area contributed by atoms with Gasteiger partial charge in [-0.05, 0) is 92.5 Å². The van der Waals surface area contributed by atoms with Crippen molar-refractivity contribution in [3.8, 4) is 17.2 Å². The number of alkyl halides is 2. The molecule has 7 N–H and O–H groups in total. The molecule has 8 rings (SSSR count). The summed E-state index contributed by atoms with van der Waals surface area (Å²) < 4.78 is 188. The summed E-state index contributed by atoms with van der Waals surface area (Å²) in [6.45, 7) is 17.0. The Balaban J connectivity index is 0.000000476. The van der Waals surface area contributed by atoms with E-state index in [1.54, 1.807) is 38.1 Å². The molecule has 2 aromatic heterocycles. The predicted octanol–water partition coefficient (Wildman–Crippen LogP) is 4.09. The fourth-order valence-electron chi connectivity index (χ4n) is 7.76. The van der Waals surface area contributed by atoms with E-state index in [9.17, 15) is 74.5 Å². The van der Waals surface area contributed by atoms with Crippen LogP contribution in [0, 0.1) is 35.0 Å². The van der Waals surface area contributed by atoms with Gasteiger partial charge >= 0.3 is 61.9 Å². The maximum absolute atomic E-state index is 15.6. The molecule has 12 atom stereocenters. The summed E-state index contributed by atoms with van der Waals surface area (Å²) in [5, 5.41) is 33.8. The second kappa shape index (κ2) is 38.2. The number of hydrogen-bond donors (Lipinski definition) is 7. The normalized spacial score (nSPS) is 24.8. The Morgan fingerprint density at radius 2 is 1.01 bits per heavy atom. The molecule has 0 bridgehead atoms. The summed E-state index contributed by atoms with van der Waals surface area (Å²) in [6, 6.07) is 14.2. The van der Waals surface area contributed by atoms with Crippen molar-refractivity contribution in [1.29, 1.82) is 0 Å². The van der Waals surface area contributed by atoms with Gasteiger partial charge in [-0.1, -0.05) is 36.4 Å². The number of nitrogens with zero attached hydrogens (tertiary/aromatic N) is 2. The minimum Gasteiger partial charge on any atom is -1.00 e. The third-order valence-electron chi connectivity index (χ3n) is 12.2. The van der Waals surface area contributed by atoms with Crippen LogP contribution in [0.25, 0.3) is 0 Å². The molecule has 5 aromatic rings. The first-order valence-corrected chi connectivity index (χ1v) is 31.3. The molecule has 3 aliphatic heterocycles. The van der Waals surface area contributed by atoms with Gasteiger partial charge < -0.3 is 70.9 Å². The van der Waals surface area contributed by atoms with Crippen molar-refractivity contribution < 1.29 is 122 Å². The van der Waals surface area contributed by atoms with Gasteiger partial charge in [0.25, 0.3) is 11.1 Å². The van der Waals surface area contributed by atoms with E-state index in [0.717, 1.165) is 56.2 Å².